The van der Waals surface area contributed by atoms with E-state index in [2.05, 4.69) is 5.32 Å². The van der Waals surface area contributed by atoms with Crippen molar-refractivity contribution in [2.75, 3.05) is 0 Å². The molecule has 16 heavy (non-hydrogen) atoms. The summed E-state index contributed by atoms with van der Waals surface area (Å²) in [5.74, 6) is -0.870. The Balaban J connectivity index is 2.33. The van der Waals surface area contributed by atoms with E-state index >= 15 is 0 Å². The number of amides is 2. The summed E-state index contributed by atoms with van der Waals surface area (Å²) in [5.41, 5.74) is 0.296. The summed E-state index contributed by atoms with van der Waals surface area (Å²) in [6, 6.07) is 5.94. The molecule has 0 aliphatic carbocycles. The van der Waals surface area contributed by atoms with E-state index in [-0.39, 0.29) is 30.5 Å². The molecule has 2 amide bonds. The third kappa shape index (κ3) is 1.96. The van der Waals surface area contributed by atoms with E-state index in [1.54, 1.807) is 12.1 Å². The Morgan fingerprint density at radius 2 is 1.62 bits per heavy atom. The summed E-state index contributed by atoms with van der Waals surface area (Å²) in [6.07, 6.45) is 0.509. The van der Waals surface area contributed by atoms with Crippen molar-refractivity contribution in [3.63, 3.8) is 0 Å². The Labute approximate surface area is 92.7 Å². The van der Waals surface area contributed by atoms with E-state index in [0.29, 0.717) is 0 Å². The quantitative estimate of drug-likeness (QED) is 0.731. The van der Waals surface area contributed by atoms with Gasteiger partial charge in [0.15, 0.2) is 0 Å². The fourth-order valence-electron chi connectivity index (χ4n) is 2.07. The monoisotopic (exact) mass is 221 g/mol. The first-order chi connectivity index (χ1) is 7.49. The second-order valence-electron chi connectivity index (χ2n) is 4.39. The van der Waals surface area contributed by atoms with Crippen molar-refractivity contribution >= 4 is 11.8 Å². The van der Waals surface area contributed by atoms with Crippen molar-refractivity contribution in [2.45, 2.75) is 25.2 Å². The molecule has 3 nitrogen and oxygen atoms in total. The zero-order valence-electron chi connectivity index (χ0n) is 8.92. The van der Waals surface area contributed by atoms with Crippen LogP contribution in [0.5, 0.6) is 0 Å². The van der Waals surface area contributed by atoms with Gasteiger partial charge in [0.25, 0.3) is 0 Å². The summed E-state index contributed by atoms with van der Waals surface area (Å²) >= 11 is 0. The van der Waals surface area contributed by atoms with Gasteiger partial charge in [-0.05, 0) is 17.7 Å². The standard InChI is InChI=1S/C12H12FNO2/c1-12(6-10(15)14-11(16)7-12)8-2-4-9(13)5-3-8/h2-5H,6-7H2,1H3,(H,14,15,16). The van der Waals surface area contributed by atoms with E-state index in [0.717, 1.165) is 5.56 Å². The number of halogens is 1. The lowest BCUT2D eigenvalue weighted by molar-refractivity contribution is -0.135. The second kappa shape index (κ2) is 3.70. The van der Waals surface area contributed by atoms with Gasteiger partial charge in [0.05, 0.1) is 0 Å². The highest BCUT2D eigenvalue weighted by Crippen LogP contribution is 2.33. The number of hydrogen-bond acceptors (Lipinski definition) is 2. The van der Waals surface area contributed by atoms with Crippen LogP contribution in [0.3, 0.4) is 0 Å². The van der Waals surface area contributed by atoms with Crippen LogP contribution in [0.1, 0.15) is 25.3 Å². The smallest absolute Gasteiger partial charge is 0.227 e. The molecule has 1 aromatic carbocycles. The molecule has 1 aliphatic heterocycles. The largest absolute Gasteiger partial charge is 0.296 e. The van der Waals surface area contributed by atoms with E-state index in [1.165, 1.54) is 12.1 Å². The Bertz CT molecular complexity index is 423. The fourth-order valence-corrected chi connectivity index (χ4v) is 2.07. The van der Waals surface area contributed by atoms with Gasteiger partial charge >= 0.3 is 0 Å². The Morgan fingerprint density at radius 3 is 2.12 bits per heavy atom. The van der Waals surface area contributed by atoms with Crippen LogP contribution in [0.2, 0.25) is 0 Å². The molecule has 1 fully saturated rings. The topological polar surface area (TPSA) is 46.2 Å². The molecule has 1 heterocycles. The van der Waals surface area contributed by atoms with Crippen LogP contribution < -0.4 is 5.32 Å². The highest BCUT2D eigenvalue weighted by atomic mass is 19.1. The molecule has 0 spiro atoms. The molecule has 1 aromatic rings. The van der Waals surface area contributed by atoms with Crippen molar-refractivity contribution < 1.29 is 14.0 Å². The molecule has 0 aromatic heterocycles. The first kappa shape index (κ1) is 10.8. The maximum atomic E-state index is 12.8. The molecule has 0 atom stereocenters. The highest BCUT2D eigenvalue weighted by molar-refractivity contribution is 5.99. The van der Waals surface area contributed by atoms with Crippen LogP contribution >= 0.6 is 0 Å². The first-order valence-corrected chi connectivity index (χ1v) is 5.08. The first-order valence-electron chi connectivity index (χ1n) is 5.08. The predicted molar refractivity (Wildman–Crippen MR) is 56.1 cm³/mol. The van der Waals surface area contributed by atoms with Crippen LogP contribution in [0.15, 0.2) is 24.3 Å². The Hall–Kier alpha value is -1.71. The summed E-state index contributed by atoms with van der Waals surface area (Å²) in [5, 5.41) is 2.26. The number of imide groups is 1. The van der Waals surface area contributed by atoms with Gasteiger partial charge in [-0.2, -0.15) is 0 Å². The lowest BCUT2D eigenvalue weighted by atomic mass is 9.74. The zero-order chi connectivity index (χ0) is 11.8. The number of carbonyl (C=O) groups is 2. The number of nitrogens with one attached hydrogen (secondary N) is 1. The van der Waals surface area contributed by atoms with Crippen LogP contribution in [0.25, 0.3) is 0 Å². The van der Waals surface area contributed by atoms with E-state index in [9.17, 15) is 14.0 Å². The second-order valence-corrected chi connectivity index (χ2v) is 4.39. The third-order valence-electron chi connectivity index (χ3n) is 2.92. The molecule has 2 rings (SSSR count). The molecular formula is C12H12FNO2. The van der Waals surface area contributed by atoms with Gasteiger partial charge < -0.3 is 0 Å². The van der Waals surface area contributed by atoms with Gasteiger partial charge in [-0.1, -0.05) is 19.1 Å². The van der Waals surface area contributed by atoms with Crippen LogP contribution in [-0.4, -0.2) is 11.8 Å². The molecule has 0 radical (unpaired) electrons. The van der Waals surface area contributed by atoms with Crippen molar-refractivity contribution in [1.29, 1.82) is 0 Å². The SMILES string of the molecule is CC1(c2ccc(F)cc2)CC(=O)NC(=O)C1. The van der Waals surface area contributed by atoms with E-state index in [4.69, 9.17) is 0 Å². The van der Waals surface area contributed by atoms with E-state index < -0.39 is 5.41 Å². The minimum Gasteiger partial charge on any atom is -0.296 e. The normalized spacial score (nSPS) is 19.4. The average molecular weight is 221 g/mol. The van der Waals surface area contributed by atoms with Gasteiger partial charge in [-0.15, -0.1) is 0 Å². The molecule has 1 aliphatic rings. The third-order valence-corrected chi connectivity index (χ3v) is 2.92. The maximum Gasteiger partial charge on any atom is 0.227 e. The van der Waals surface area contributed by atoms with Gasteiger partial charge in [0.2, 0.25) is 11.8 Å². The molecule has 0 bridgehead atoms. The van der Waals surface area contributed by atoms with Crippen LogP contribution in [-0.2, 0) is 15.0 Å². The van der Waals surface area contributed by atoms with Crippen molar-refractivity contribution in [3.8, 4) is 0 Å². The summed E-state index contributed by atoms with van der Waals surface area (Å²) in [7, 11) is 0. The van der Waals surface area contributed by atoms with Gasteiger partial charge in [0, 0.05) is 18.3 Å². The van der Waals surface area contributed by atoms with Crippen molar-refractivity contribution in [1.82, 2.24) is 5.32 Å². The average Bonchev–Trinajstić information content (AvgIpc) is 2.16. The highest BCUT2D eigenvalue weighted by Gasteiger charge is 2.36. The van der Waals surface area contributed by atoms with E-state index in [1.807, 2.05) is 6.92 Å². The molecular weight excluding hydrogens is 209 g/mol. The zero-order valence-corrected chi connectivity index (χ0v) is 8.92. The molecule has 1 N–H and O–H groups in total. The maximum absolute atomic E-state index is 12.8. The summed E-state index contributed by atoms with van der Waals surface area (Å²) in [6.45, 7) is 1.84. The lowest BCUT2D eigenvalue weighted by Gasteiger charge is -2.32. The Kier molecular flexibility index (Phi) is 2.50. The number of hydrogen-bond donors (Lipinski definition) is 1. The Morgan fingerprint density at radius 1 is 1.12 bits per heavy atom. The molecule has 4 heteroatoms. The van der Waals surface area contributed by atoms with Gasteiger partial charge in [-0.25, -0.2) is 4.39 Å². The number of carbonyl (C=O) groups excluding carboxylic acids is 2. The fraction of sp³-hybridized carbons (Fsp3) is 0.333. The van der Waals surface area contributed by atoms with Crippen molar-refractivity contribution in [2.24, 2.45) is 0 Å². The van der Waals surface area contributed by atoms with Crippen LogP contribution in [0.4, 0.5) is 4.39 Å². The predicted octanol–water partition coefficient (Wildman–Crippen LogP) is 1.52. The lowest BCUT2D eigenvalue weighted by Crippen LogP contribution is -2.45. The molecule has 1 saturated heterocycles. The summed E-state index contributed by atoms with van der Waals surface area (Å²) < 4.78 is 12.8. The molecule has 84 valence electrons. The van der Waals surface area contributed by atoms with Gasteiger partial charge in [-0.3, -0.25) is 14.9 Å². The van der Waals surface area contributed by atoms with Crippen LogP contribution in [0, 0.1) is 5.82 Å². The van der Waals surface area contributed by atoms with Crippen molar-refractivity contribution in [3.05, 3.63) is 35.6 Å². The van der Waals surface area contributed by atoms with Gasteiger partial charge in [0.1, 0.15) is 5.82 Å². The number of benzene rings is 1. The minimum absolute atomic E-state index is 0.254. The summed E-state index contributed by atoms with van der Waals surface area (Å²) in [4.78, 5) is 22.6. The number of rotatable bonds is 1. The molecule has 0 unspecified atom stereocenters. The minimum atomic E-state index is -0.521. The number of piperidine rings is 1. The molecule has 0 saturated carbocycles.